The second-order valence-electron chi connectivity index (χ2n) is 6.51. The third kappa shape index (κ3) is 3.74. The highest BCUT2D eigenvalue weighted by Crippen LogP contribution is 2.32. The number of pyridine rings is 1. The Labute approximate surface area is 178 Å². The summed E-state index contributed by atoms with van der Waals surface area (Å²) in [4.78, 5) is 12.9. The summed E-state index contributed by atoms with van der Waals surface area (Å²) in [6.07, 6.45) is 6.54. The van der Waals surface area contributed by atoms with E-state index in [0.717, 1.165) is 17.0 Å². The first kappa shape index (κ1) is 19.9. The van der Waals surface area contributed by atoms with Crippen molar-refractivity contribution >= 4 is 28.5 Å². The lowest BCUT2D eigenvalue weighted by Crippen LogP contribution is -2.05. The molecule has 0 aliphatic heterocycles. The van der Waals surface area contributed by atoms with Gasteiger partial charge >= 0.3 is 0 Å². The lowest BCUT2D eigenvalue weighted by molar-refractivity contribution is 0.281. The summed E-state index contributed by atoms with van der Waals surface area (Å²) in [6, 6.07) is 7.47. The van der Waals surface area contributed by atoms with Crippen molar-refractivity contribution in [2.75, 3.05) is 19.5 Å². The minimum atomic E-state index is -0.0980. The number of hydrogen-bond donors (Lipinski definition) is 2. The number of nitrogens with one attached hydrogen (secondary N) is 1. The van der Waals surface area contributed by atoms with E-state index in [4.69, 9.17) is 21.1 Å². The molecule has 3 aromatic heterocycles. The molecular weight excluding hydrogens is 406 g/mol. The molecule has 1 aromatic carbocycles. The topological polar surface area (TPSA) is 94.3 Å². The summed E-state index contributed by atoms with van der Waals surface area (Å²) >= 11 is 6.53. The molecule has 9 heteroatoms. The lowest BCUT2D eigenvalue weighted by Gasteiger charge is -2.12. The fraction of sp³-hybridized carbons (Fsp3) is 0.190. The molecule has 0 unspecified atom stereocenters. The van der Waals surface area contributed by atoms with Crippen molar-refractivity contribution in [2.24, 2.45) is 0 Å². The molecule has 0 saturated heterocycles. The Morgan fingerprint density at radius 2 is 2.00 bits per heavy atom. The molecule has 0 saturated carbocycles. The molecule has 154 valence electrons. The van der Waals surface area contributed by atoms with Crippen LogP contribution < -0.4 is 14.8 Å². The maximum absolute atomic E-state index is 9.40. The van der Waals surface area contributed by atoms with Gasteiger partial charge in [-0.15, -0.1) is 0 Å². The van der Waals surface area contributed by atoms with Gasteiger partial charge < -0.3 is 19.9 Å². The van der Waals surface area contributed by atoms with Gasteiger partial charge in [-0.2, -0.15) is 0 Å². The van der Waals surface area contributed by atoms with Gasteiger partial charge in [0.15, 0.2) is 5.65 Å². The maximum atomic E-state index is 9.40. The van der Waals surface area contributed by atoms with E-state index in [9.17, 15) is 5.11 Å². The molecule has 4 aromatic rings. The predicted octanol–water partition coefficient (Wildman–Crippen LogP) is 3.59. The fourth-order valence-electron chi connectivity index (χ4n) is 3.22. The van der Waals surface area contributed by atoms with Gasteiger partial charge in [-0.3, -0.25) is 9.55 Å². The average Bonchev–Trinajstić information content (AvgIpc) is 3.14. The van der Waals surface area contributed by atoms with Crippen LogP contribution in [0.4, 0.5) is 5.82 Å². The van der Waals surface area contributed by atoms with Crippen LogP contribution in [0.15, 0.2) is 49.2 Å². The van der Waals surface area contributed by atoms with E-state index in [1.807, 2.05) is 28.8 Å². The van der Waals surface area contributed by atoms with Gasteiger partial charge in [-0.25, -0.2) is 9.97 Å². The maximum Gasteiger partial charge on any atom is 0.151 e. The van der Waals surface area contributed by atoms with Crippen LogP contribution in [0, 0.1) is 0 Å². The van der Waals surface area contributed by atoms with Gasteiger partial charge in [0.2, 0.25) is 0 Å². The Balaban J connectivity index is 1.69. The minimum absolute atomic E-state index is 0.0980. The Morgan fingerprint density at radius 3 is 2.77 bits per heavy atom. The van der Waals surface area contributed by atoms with Crippen molar-refractivity contribution in [1.82, 2.24) is 19.5 Å². The zero-order chi connectivity index (χ0) is 21.1. The number of aliphatic hydroxyl groups excluding tert-OH is 1. The lowest BCUT2D eigenvalue weighted by atomic mass is 10.2. The quantitative estimate of drug-likeness (QED) is 0.467. The van der Waals surface area contributed by atoms with E-state index in [0.29, 0.717) is 39.7 Å². The first-order chi connectivity index (χ1) is 14.6. The number of hydrogen-bond acceptors (Lipinski definition) is 7. The van der Waals surface area contributed by atoms with E-state index < -0.39 is 0 Å². The van der Waals surface area contributed by atoms with Crippen molar-refractivity contribution in [3.8, 4) is 17.2 Å². The molecule has 0 aliphatic carbocycles. The smallest absolute Gasteiger partial charge is 0.151 e. The molecule has 0 radical (unpaired) electrons. The molecule has 4 rings (SSSR count). The molecular formula is C21H20ClN5O3. The van der Waals surface area contributed by atoms with Crippen LogP contribution in [-0.4, -0.2) is 38.8 Å². The van der Waals surface area contributed by atoms with E-state index in [1.54, 1.807) is 32.8 Å². The summed E-state index contributed by atoms with van der Waals surface area (Å²) in [5.41, 5.74) is 3.03. The Hall–Kier alpha value is -3.36. The molecule has 0 amide bonds. The second kappa shape index (κ2) is 8.56. The third-order valence-corrected chi connectivity index (χ3v) is 5.01. The van der Waals surface area contributed by atoms with Gasteiger partial charge in [0.05, 0.1) is 43.1 Å². The van der Waals surface area contributed by atoms with Crippen LogP contribution in [0.3, 0.4) is 0 Å². The SMILES string of the molecule is COc1ccc(CNc2ncnc3c2c(Cl)cn3-c2cncc(CO)c2)c(OC)c1. The van der Waals surface area contributed by atoms with Crippen LogP contribution in [0.5, 0.6) is 11.5 Å². The molecule has 0 bridgehead atoms. The van der Waals surface area contributed by atoms with Crippen LogP contribution in [0.25, 0.3) is 16.7 Å². The van der Waals surface area contributed by atoms with E-state index in [1.165, 1.54) is 6.33 Å². The zero-order valence-corrected chi connectivity index (χ0v) is 17.2. The number of fused-ring (bicyclic) bond motifs is 1. The number of nitrogens with zero attached hydrogens (tertiary/aromatic N) is 4. The van der Waals surface area contributed by atoms with Crippen molar-refractivity contribution in [2.45, 2.75) is 13.2 Å². The first-order valence-corrected chi connectivity index (χ1v) is 9.54. The minimum Gasteiger partial charge on any atom is -0.497 e. The number of ether oxygens (including phenoxy) is 2. The number of rotatable bonds is 7. The highest BCUT2D eigenvalue weighted by Gasteiger charge is 2.16. The van der Waals surface area contributed by atoms with Gasteiger partial charge in [0.1, 0.15) is 23.6 Å². The van der Waals surface area contributed by atoms with Gasteiger partial charge in [-0.05, 0) is 23.8 Å². The van der Waals surface area contributed by atoms with Crippen LogP contribution >= 0.6 is 11.6 Å². The van der Waals surface area contributed by atoms with Crippen molar-refractivity contribution in [3.63, 3.8) is 0 Å². The Morgan fingerprint density at radius 1 is 1.13 bits per heavy atom. The normalized spacial score (nSPS) is 10.9. The molecule has 0 aliphatic rings. The number of methoxy groups -OCH3 is 2. The Kier molecular flexibility index (Phi) is 5.69. The van der Waals surface area contributed by atoms with Crippen molar-refractivity contribution < 1.29 is 14.6 Å². The highest BCUT2D eigenvalue weighted by molar-refractivity contribution is 6.36. The van der Waals surface area contributed by atoms with Crippen molar-refractivity contribution in [3.05, 3.63) is 65.3 Å². The molecule has 3 heterocycles. The van der Waals surface area contributed by atoms with Crippen LogP contribution in [0.1, 0.15) is 11.1 Å². The summed E-state index contributed by atoms with van der Waals surface area (Å²) in [5, 5.41) is 13.9. The monoisotopic (exact) mass is 425 g/mol. The largest absolute Gasteiger partial charge is 0.497 e. The predicted molar refractivity (Wildman–Crippen MR) is 114 cm³/mol. The standard InChI is InChI=1S/C21H20ClN5O3/c1-29-16-4-3-14(18(6-16)30-2)8-24-20-19-17(22)10-27(21(19)26-12-25-20)15-5-13(11-28)7-23-9-15/h3-7,9-10,12,28H,8,11H2,1-2H3,(H,24,25,26). The summed E-state index contributed by atoms with van der Waals surface area (Å²) < 4.78 is 12.5. The van der Waals surface area contributed by atoms with E-state index >= 15 is 0 Å². The third-order valence-electron chi connectivity index (χ3n) is 4.72. The molecule has 0 atom stereocenters. The molecule has 0 spiro atoms. The molecule has 30 heavy (non-hydrogen) atoms. The van der Waals surface area contributed by atoms with Crippen LogP contribution in [0.2, 0.25) is 5.02 Å². The Bertz CT molecular complexity index is 1190. The number of aliphatic hydroxyl groups is 1. The van der Waals surface area contributed by atoms with Crippen LogP contribution in [-0.2, 0) is 13.2 Å². The van der Waals surface area contributed by atoms with E-state index in [-0.39, 0.29) is 6.61 Å². The molecule has 8 nitrogen and oxygen atoms in total. The summed E-state index contributed by atoms with van der Waals surface area (Å²) in [6.45, 7) is 0.377. The second-order valence-corrected chi connectivity index (χ2v) is 6.92. The van der Waals surface area contributed by atoms with Gasteiger partial charge in [0.25, 0.3) is 0 Å². The summed E-state index contributed by atoms with van der Waals surface area (Å²) in [5.74, 6) is 2.04. The first-order valence-electron chi connectivity index (χ1n) is 9.16. The average molecular weight is 426 g/mol. The number of benzene rings is 1. The molecule has 0 fully saturated rings. The number of aromatic nitrogens is 4. The van der Waals surface area contributed by atoms with Gasteiger partial charge in [-0.1, -0.05) is 11.6 Å². The highest BCUT2D eigenvalue weighted by atomic mass is 35.5. The molecule has 2 N–H and O–H groups in total. The van der Waals surface area contributed by atoms with Gasteiger partial charge in [0, 0.05) is 30.6 Å². The zero-order valence-electron chi connectivity index (χ0n) is 16.5. The number of halogens is 1. The van der Waals surface area contributed by atoms with Crippen molar-refractivity contribution in [1.29, 1.82) is 0 Å². The fourth-order valence-corrected chi connectivity index (χ4v) is 3.49. The number of anilines is 1. The summed E-state index contributed by atoms with van der Waals surface area (Å²) in [7, 11) is 3.23. The van der Waals surface area contributed by atoms with E-state index in [2.05, 4.69) is 20.3 Å².